The predicted octanol–water partition coefficient (Wildman–Crippen LogP) is 3.94. The monoisotopic (exact) mass is 261 g/mol. The predicted molar refractivity (Wildman–Crippen MR) is 79.8 cm³/mol. The highest BCUT2D eigenvalue weighted by Gasteiger charge is 2.27. The zero-order valence-corrected chi connectivity index (χ0v) is 12.8. The second-order valence-electron chi connectivity index (χ2n) is 6.94. The van der Waals surface area contributed by atoms with Crippen molar-refractivity contribution >= 4 is 5.91 Å². The molecule has 1 aliphatic carbocycles. The molecule has 1 aliphatic heterocycles. The van der Waals surface area contributed by atoms with Gasteiger partial charge in [0, 0.05) is 19.2 Å². The van der Waals surface area contributed by atoms with E-state index in [1.165, 1.54) is 30.4 Å². The van der Waals surface area contributed by atoms with Crippen molar-refractivity contribution in [2.75, 3.05) is 13.1 Å². The van der Waals surface area contributed by atoms with Crippen LogP contribution in [0, 0.1) is 11.3 Å². The lowest BCUT2D eigenvalue weighted by Crippen LogP contribution is -2.27. The van der Waals surface area contributed by atoms with E-state index in [1.54, 1.807) is 6.08 Å². The Bertz CT molecular complexity index is 417. The third-order valence-electron chi connectivity index (χ3n) is 4.67. The van der Waals surface area contributed by atoms with Crippen molar-refractivity contribution in [2.24, 2.45) is 11.3 Å². The molecule has 0 saturated carbocycles. The van der Waals surface area contributed by atoms with Crippen molar-refractivity contribution in [2.45, 2.75) is 53.4 Å². The highest BCUT2D eigenvalue weighted by molar-refractivity contribution is 5.88. The van der Waals surface area contributed by atoms with Crippen LogP contribution in [0.15, 0.2) is 23.3 Å². The molecule has 2 aliphatic rings. The fourth-order valence-corrected chi connectivity index (χ4v) is 3.41. The van der Waals surface area contributed by atoms with Crippen molar-refractivity contribution < 1.29 is 4.79 Å². The summed E-state index contributed by atoms with van der Waals surface area (Å²) < 4.78 is 0. The van der Waals surface area contributed by atoms with Crippen molar-refractivity contribution in [3.05, 3.63) is 23.3 Å². The zero-order valence-electron chi connectivity index (χ0n) is 12.8. The molecule has 0 aromatic rings. The summed E-state index contributed by atoms with van der Waals surface area (Å²) in [6.07, 6.45) is 8.70. The molecule has 0 spiro atoms. The summed E-state index contributed by atoms with van der Waals surface area (Å²) in [6, 6.07) is 0. The van der Waals surface area contributed by atoms with Gasteiger partial charge in [0.25, 0.3) is 0 Å². The molecule has 0 N–H and O–H groups in total. The van der Waals surface area contributed by atoms with Crippen molar-refractivity contribution in [3.8, 4) is 0 Å². The Morgan fingerprint density at radius 3 is 2.74 bits per heavy atom. The summed E-state index contributed by atoms with van der Waals surface area (Å²) in [7, 11) is 0. The standard InChI is InChI=1S/C17H27NO/c1-13-9-11-18(12-13)16(19)8-7-15-14(2)6-5-10-17(15,3)4/h7-8,13H,5-6,9-12H2,1-4H3/b8-7+. The van der Waals surface area contributed by atoms with Crippen molar-refractivity contribution in [1.82, 2.24) is 4.90 Å². The minimum atomic E-state index is 0.186. The average molecular weight is 261 g/mol. The molecule has 106 valence electrons. The maximum Gasteiger partial charge on any atom is 0.246 e. The SMILES string of the molecule is CC1=C(/C=C/C(=O)N2CCC(C)C2)C(C)(C)CCC1. The van der Waals surface area contributed by atoms with Gasteiger partial charge < -0.3 is 4.90 Å². The number of hydrogen-bond acceptors (Lipinski definition) is 1. The highest BCUT2D eigenvalue weighted by atomic mass is 16.2. The van der Waals surface area contributed by atoms with Gasteiger partial charge in [0.05, 0.1) is 0 Å². The first-order chi connectivity index (χ1) is 8.90. The van der Waals surface area contributed by atoms with Gasteiger partial charge in [-0.15, -0.1) is 0 Å². The number of likely N-dealkylation sites (tertiary alicyclic amines) is 1. The number of hydrogen-bond donors (Lipinski definition) is 0. The Labute approximate surface area is 117 Å². The molecule has 1 amide bonds. The van der Waals surface area contributed by atoms with E-state index in [2.05, 4.69) is 33.8 Å². The molecular formula is C17H27NO. The van der Waals surface area contributed by atoms with Gasteiger partial charge in [0.2, 0.25) is 5.91 Å². The Morgan fingerprint density at radius 1 is 1.42 bits per heavy atom. The van der Waals surface area contributed by atoms with E-state index in [1.807, 2.05) is 4.90 Å². The molecule has 19 heavy (non-hydrogen) atoms. The normalized spacial score (nSPS) is 27.4. The lowest BCUT2D eigenvalue weighted by atomic mass is 9.72. The van der Waals surface area contributed by atoms with E-state index in [0.29, 0.717) is 5.92 Å². The number of allylic oxidation sites excluding steroid dienone is 3. The summed E-state index contributed by atoms with van der Waals surface area (Å²) in [5.74, 6) is 0.843. The molecule has 1 saturated heterocycles. The molecule has 1 heterocycles. The van der Waals surface area contributed by atoms with Crippen LogP contribution in [-0.2, 0) is 4.79 Å². The third-order valence-corrected chi connectivity index (χ3v) is 4.67. The van der Waals surface area contributed by atoms with E-state index in [0.717, 1.165) is 19.5 Å². The summed E-state index contributed by atoms with van der Waals surface area (Å²) in [6.45, 7) is 10.8. The molecule has 1 atom stereocenters. The molecular weight excluding hydrogens is 234 g/mol. The maximum absolute atomic E-state index is 12.2. The van der Waals surface area contributed by atoms with Crippen LogP contribution in [0.25, 0.3) is 0 Å². The molecule has 0 aromatic carbocycles. The van der Waals surface area contributed by atoms with Crippen LogP contribution in [-0.4, -0.2) is 23.9 Å². The minimum absolute atomic E-state index is 0.186. The molecule has 1 fully saturated rings. The number of rotatable bonds is 2. The van der Waals surface area contributed by atoms with Gasteiger partial charge in [0.15, 0.2) is 0 Å². The lowest BCUT2D eigenvalue weighted by molar-refractivity contribution is -0.125. The van der Waals surface area contributed by atoms with Gasteiger partial charge in [-0.2, -0.15) is 0 Å². The van der Waals surface area contributed by atoms with Crippen LogP contribution in [0.1, 0.15) is 53.4 Å². The highest BCUT2D eigenvalue weighted by Crippen LogP contribution is 2.40. The van der Waals surface area contributed by atoms with Gasteiger partial charge in [0.1, 0.15) is 0 Å². The summed E-state index contributed by atoms with van der Waals surface area (Å²) >= 11 is 0. The third kappa shape index (κ3) is 3.29. The second-order valence-corrected chi connectivity index (χ2v) is 6.94. The van der Waals surface area contributed by atoms with E-state index in [4.69, 9.17) is 0 Å². The summed E-state index contributed by atoms with van der Waals surface area (Å²) in [5.41, 5.74) is 3.05. The molecule has 2 heteroatoms. The number of amides is 1. The van der Waals surface area contributed by atoms with Crippen LogP contribution in [0.2, 0.25) is 0 Å². The second kappa shape index (κ2) is 5.52. The largest absolute Gasteiger partial charge is 0.339 e. The number of nitrogens with zero attached hydrogens (tertiary/aromatic N) is 1. The topological polar surface area (TPSA) is 20.3 Å². The molecule has 2 rings (SSSR count). The van der Waals surface area contributed by atoms with Gasteiger partial charge in [-0.05, 0) is 49.5 Å². The molecule has 1 unspecified atom stereocenters. The number of carbonyl (C=O) groups excluding carboxylic acids is 1. The van der Waals surface area contributed by atoms with Gasteiger partial charge in [-0.3, -0.25) is 4.79 Å². The average Bonchev–Trinajstić information content (AvgIpc) is 2.74. The minimum Gasteiger partial charge on any atom is -0.339 e. The van der Waals surface area contributed by atoms with Crippen LogP contribution in [0.5, 0.6) is 0 Å². The smallest absolute Gasteiger partial charge is 0.246 e. The first-order valence-electron chi connectivity index (χ1n) is 7.57. The lowest BCUT2D eigenvalue weighted by Gasteiger charge is -2.33. The van der Waals surface area contributed by atoms with Gasteiger partial charge >= 0.3 is 0 Å². The zero-order chi connectivity index (χ0) is 14.0. The van der Waals surface area contributed by atoms with E-state index >= 15 is 0 Å². The van der Waals surface area contributed by atoms with E-state index < -0.39 is 0 Å². The van der Waals surface area contributed by atoms with Crippen molar-refractivity contribution in [3.63, 3.8) is 0 Å². The Kier molecular flexibility index (Phi) is 4.17. The first-order valence-corrected chi connectivity index (χ1v) is 7.57. The molecule has 2 nitrogen and oxygen atoms in total. The van der Waals surface area contributed by atoms with Gasteiger partial charge in [-0.25, -0.2) is 0 Å². The van der Waals surface area contributed by atoms with Gasteiger partial charge in [-0.1, -0.05) is 32.4 Å². The first kappa shape index (κ1) is 14.4. The van der Waals surface area contributed by atoms with E-state index in [9.17, 15) is 4.79 Å². The summed E-state index contributed by atoms with van der Waals surface area (Å²) in [4.78, 5) is 14.1. The van der Waals surface area contributed by atoms with Crippen molar-refractivity contribution in [1.29, 1.82) is 0 Å². The molecule has 0 radical (unpaired) electrons. The Balaban J connectivity index is 2.07. The maximum atomic E-state index is 12.2. The van der Waals surface area contributed by atoms with Crippen LogP contribution >= 0.6 is 0 Å². The van der Waals surface area contributed by atoms with Crippen LogP contribution in [0.4, 0.5) is 0 Å². The van der Waals surface area contributed by atoms with E-state index in [-0.39, 0.29) is 11.3 Å². The quantitative estimate of drug-likeness (QED) is 0.690. The number of carbonyl (C=O) groups is 1. The fourth-order valence-electron chi connectivity index (χ4n) is 3.41. The molecule has 0 aromatic heterocycles. The summed E-state index contributed by atoms with van der Waals surface area (Å²) in [5, 5.41) is 0. The van der Waals surface area contributed by atoms with Crippen LogP contribution in [0.3, 0.4) is 0 Å². The molecule has 0 bridgehead atoms. The fraction of sp³-hybridized carbons (Fsp3) is 0.706. The Hall–Kier alpha value is -1.05. The Morgan fingerprint density at radius 2 is 2.16 bits per heavy atom. The van der Waals surface area contributed by atoms with Crippen LogP contribution < -0.4 is 0 Å².